The van der Waals surface area contributed by atoms with Gasteiger partial charge in [0.1, 0.15) is 12.3 Å². The fourth-order valence-electron chi connectivity index (χ4n) is 2.42. The maximum absolute atomic E-state index is 12.6. The van der Waals surface area contributed by atoms with Crippen LogP contribution in [-0.4, -0.2) is 30.6 Å². The van der Waals surface area contributed by atoms with Crippen LogP contribution in [0.25, 0.3) is 0 Å². The maximum Gasteiger partial charge on any atom is 0.326 e. The molecular formula is C18H25NO4. The summed E-state index contributed by atoms with van der Waals surface area (Å²) in [5, 5.41) is 0. The normalized spacial score (nSPS) is 16.1. The number of fused-ring (bicyclic) bond motifs is 1. The number of nitrogens with zero attached hydrogens (tertiary/aromatic N) is 1. The van der Waals surface area contributed by atoms with Gasteiger partial charge in [-0.15, -0.1) is 0 Å². The summed E-state index contributed by atoms with van der Waals surface area (Å²) in [6.45, 7) is 9.76. The molecule has 0 N–H and O–H groups in total. The van der Waals surface area contributed by atoms with Crippen LogP contribution < -0.4 is 9.64 Å². The van der Waals surface area contributed by atoms with Gasteiger partial charge >= 0.3 is 5.97 Å². The Morgan fingerprint density at radius 1 is 1.35 bits per heavy atom. The highest BCUT2D eigenvalue weighted by atomic mass is 16.5. The van der Waals surface area contributed by atoms with Crippen molar-refractivity contribution in [1.82, 2.24) is 0 Å². The highest BCUT2D eigenvalue weighted by Crippen LogP contribution is 2.38. The minimum Gasteiger partial charge on any atom is -0.476 e. The van der Waals surface area contributed by atoms with Crippen molar-refractivity contribution < 1.29 is 19.1 Å². The Kier molecular flexibility index (Phi) is 4.97. The molecule has 5 nitrogen and oxygen atoms in total. The summed E-state index contributed by atoms with van der Waals surface area (Å²) in [7, 11) is 0. The number of anilines is 1. The molecule has 0 spiro atoms. The van der Waals surface area contributed by atoms with Crippen LogP contribution in [0.5, 0.6) is 5.75 Å². The van der Waals surface area contributed by atoms with E-state index in [0.29, 0.717) is 24.0 Å². The Morgan fingerprint density at radius 3 is 2.70 bits per heavy atom. The monoisotopic (exact) mass is 319 g/mol. The third-order valence-electron chi connectivity index (χ3n) is 3.78. The number of aryl methyl sites for hydroxylation is 1. The van der Waals surface area contributed by atoms with Crippen LogP contribution in [0.1, 0.15) is 39.7 Å². The minimum atomic E-state index is -1.000. The summed E-state index contributed by atoms with van der Waals surface area (Å²) in [5.74, 6) is 0.436. The number of benzene rings is 1. The standard InChI is InChI=1S/C18H25NO4/c1-12(2)8-9-22-16(20)11-19-14-10-13(3)6-7-15(14)23-18(4,5)17(19)21/h6-7,10,12H,8-9,11H2,1-5H3. The molecule has 1 heterocycles. The molecule has 0 fully saturated rings. The van der Waals surface area contributed by atoms with Gasteiger partial charge in [-0.2, -0.15) is 0 Å². The SMILES string of the molecule is Cc1ccc2c(c1)N(CC(=O)OCCC(C)C)C(=O)C(C)(C)O2. The second-order valence-corrected chi connectivity index (χ2v) is 6.88. The molecule has 5 heteroatoms. The van der Waals surface area contributed by atoms with Crippen LogP contribution in [0.3, 0.4) is 0 Å². The highest BCUT2D eigenvalue weighted by molar-refractivity contribution is 6.05. The molecule has 0 aliphatic carbocycles. The smallest absolute Gasteiger partial charge is 0.326 e. The van der Waals surface area contributed by atoms with Crippen LogP contribution in [0.15, 0.2) is 18.2 Å². The molecule has 1 amide bonds. The van der Waals surface area contributed by atoms with Gasteiger partial charge in [0.15, 0.2) is 5.60 Å². The highest BCUT2D eigenvalue weighted by Gasteiger charge is 2.41. The number of hydrogen-bond donors (Lipinski definition) is 0. The lowest BCUT2D eigenvalue weighted by Crippen LogP contribution is -2.54. The second-order valence-electron chi connectivity index (χ2n) is 6.88. The fourth-order valence-corrected chi connectivity index (χ4v) is 2.42. The fraction of sp³-hybridized carbons (Fsp3) is 0.556. The van der Waals surface area contributed by atoms with Crippen molar-refractivity contribution in [2.75, 3.05) is 18.1 Å². The average Bonchev–Trinajstić information content (AvgIpc) is 2.44. The van der Waals surface area contributed by atoms with Crippen LogP contribution >= 0.6 is 0 Å². The summed E-state index contributed by atoms with van der Waals surface area (Å²) in [6.07, 6.45) is 0.810. The molecule has 2 rings (SSSR count). The first-order chi connectivity index (χ1) is 10.7. The van der Waals surface area contributed by atoms with Gasteiger partial charge in [0.05, 0.1) is 12.3 Å². The molecule has 0 bridgehead atoms. The van der Waals surface area contributed by atoms with E-state index in [1.54, 1.807) is 13.8 Å². The lowest BCUT2D eigenvalue weighted by molar-refractivity contribution is -0.144. The third-order valence-corrected chi connectivity index (χ3v) is 3.78. The average molecular weight is 319 g/mol. The molecule has 23 heavy (non-hydrogen) atoms. The number of esters is 1. The summed E-state index contributed by atoms with van der Waals surface area (Å²) < 4.78 is 11.0. The Hall–Kier alpha value is -2.04. The lowest BCUT2D eigenvalue weighted by atomic mass is 10.0. The van der Waals surface area contributed by atoms with E-state index in [1.807, 2.05) is 25.1 Å². The lowest BCUT2D eigenvalue weighted by Gasteiger charge is -2.38. The van der Waals surface area contributed by atoms with Gasteiger partial charge in [-0.25, -0.2) is 0 Å². The predicted octanol–water partition coefficient (Wildman–Crippen LogP) is 3.09. The summed E-state index contributed by atoms with van der Waals surface area (Å²) in [6, 6.07) is 5.60. The summed E-state index contributed by atoms with van der Waals surface area (Å²) in [4.78, 5) is 26.2. The van der Waals surface area contributed by atoms with Gasteiger partial charge in [-0.3, -0.25) is 14.5 Å². The van der Waals surface area contributed by atoms with E-state index in [4.69, 9.17) is 9.47 Å². The minimum absolute atomic E-state index is 0.0971. The van der Waals surface area contributed by atoms with Crippen molar-refractivity contribution in [2.45, 2.75) is 46.6 Å². The first-order valence-electron chi connectivity index (χ1n) is 7.98. The van der Waals surface area contributed by atoms with Gasteiger partial charge in [-0.1, -0.05) is 19.9 Å². The molecule has 0 saturated heterocycles. The van der Waals surface area contributed by atoms with E-state index in [0.717, 1.165) is 12.0 Å². The van der Waals surface area contributed by atoms with E-state index in [-0.39, 0.29) is 12.5 Å². The van der Waals surface area contributed by atoms with Crippen molar-refractivity contribution in [3.8, 4) is 5.75 Å². The van der Waals surface area contributed by atoms with Gasteiger partial charge < -0.3 is 9.47 Å². The number of amides is 1. The van der Waals surface area contributed by atoms with Crippen molar-refractivity contribution in [3.05, 3.63) is 23.8 Å². The van der Waals surface area contributed by atoms with E-state index in [9.17, 15) is 9.59 Å². The Balaban J connectivity index is 2.17. The number of hydrogen-bond acceptors (Lipinski definition) is 4. The van der Waals surface area contributed by atoms with Crippen molar-refractivity contribution >= 4 is 17.6 Å². The predicted molar refractivity (Wildman–Crippen MR) is 88.7 cm³/mol. The Bertz CT molecular complexity index is 607. The largest absolute Gasteiger partial charge is 0.476 e. The van der Waals surface area contributed by atoms with Gasteiger partial charge in [-0.05, 0) is 50.8 Å². The van der Waals surface area contributed by atoms with Gasteiger partial charge in [0.25, 0.3) is 5.91 Å². The third kappa shape index (κ3) is 4.03. The quantitative estimate of drug-likeness (QED) is 0.783. The number of rotatable bonds is 5. The molecule has 1 aliphatic heterocycles. The van der Waals surface area contributed by atoms with E-state index in [2.05, 4.69) is 13.8 Å². The zero-order valence-electron chi connectivity index (χ0n) is 14.5. The molecule has 0 atom stereocenters. The zero-order chi connectivity index (χ0) is 17.2. The van der Waals surface area contributed by atoms with Crippen LogP contribution in [0.2, 0.25) is 0 Å². The Morgan fingerprint density at radius 2 is 2.04 bits per heavy atom. The molecule has 1 aliphatic rings. The topological polar surface area (TPSA) is 55.8 Å². The van der Waals surface area contributed by atoms with Crippen molar-refractivity contribution in [3.63, 3.8) is 0 Å². The van der Waals surface area contributed by atoms with Crippen LogP contribution in [-0.2, 0) is 14.3 Å². The Labute approximate surface area is 137 Å². The molecule has 1 aromatic carbocycles. The first-order valence-corrected chi connectivity index (χ1v) is 7.98. The first kappa shape index (κ1) is 17.3. The molecule has 0 radical (unpaired) electrons. The van der Waals surface area contributed by atoms with Crippen LogP contribution in [0.4, 0.5) is 5.69 Å². The van der Waals surface area contributed by atoms with E-state index in [1.165, 1.54) is 4.90 Å². The zero-order valence-corrected chi connectivity index (χ0v) is 14.5. The maximum atomic E-state index is 12.6. The number of ether oxygens (including phenoxy) is 2. The van der Waals surface area contributed by atoms with Gasteiger partial charge in [0, 0.05) is 0 Å². The van der Waals surface area contributed by atoms with Crippen LogP contribution in [0, 0.1) is 12.8 Å². The molecule has 1 aromatic rings. The molecule has 0 aromatic heterocycles. The summed E-state index contributed by atoms with van der Waals surface area (Å²) in [5.41, 5.74) is 0.619. The number of carbonyl (C=O) groups is 2. The molecule has 0 unspecified atom stereocenters. The van der Waals surface area contributed by atoms with Crippen molar-refractivity contribution in [1.29, 1.82) is 0 Å². The molecular weight excluding hydrogens is 294 g/mol. The summed E-state index contributed by atoms with van der Waals surface area (Å²) >= 11 is 0. The van der Waals surface area contributed by atoms with Crippen molar-refractivity contribution in [2.24, 2.45) is 5.92 Å². The van der Waals surface area contributed by atoms with Gasteiger partial charge in [0.2, 0.25) is 0 Å². The number of carbonyl (C=O) groups excluding carboxylic acids is 2. The second kappa shape index (κ2) is 6.60. The molecule has 0 saturated carbocycles. The van der Waals surface area contributed by atoms with E-state index >= 15 is 0 Å². The van der Waals surface area contributed by atoms with E-state index < -0.39 is 11.6 Å². The molecule has 126 valence electrons.